The van der Waals surface area contributed by atoms with Crippen LogP contribution >= 0.6 is 15.9 Å². The lowest BCUT2D eigenvalue weighted by Gasteiger charge is -2.09. The zero-order valence-electron chi connectivity index (χ0n) is 10.5. The van der Waals surface area contributed by atoms with Crippen molar-refractivity contribution in [3.8, 4) is 11.6 Å². The highest BCUT2D eigenvalue weighted by Gasteiger charge is 2.11. The summed E-state index contributed by atoms with van der Waals surface area (Å²) >= 11 is 3.38. The summed E-state index contributed by atoms with van der Waals surface area (Å²) in [5, 5.41) is 7.72. The number of carbonyl (C=O) groups excluding carboxylic acids is 1. The van der Waals surface area contributed by atoms with Gasteiger partial charge in [0.15, 0.2) is 5.69 Å². The van der Waals surface area contributed by atoms with Gasteiger partial charge < -0.3 is 9.64 Å². The maximum absolute atomic E-state index is 11.6. The van der Waals surface area contributed by atoms with Crippen LogP contribution in [0.4, 0.5) is 0 Å². The Hall–Kier alpha value is -1.95. The Bertz CT molecular complexity index is 585. The molecule has 1 heterocycles. The van der Waals surface area contributed by atoms with Crippen LogP contribution in [-0.2, 0) is 0 Å². The Morgan fingerprint density at radius 3 is 2.47 bits per heavy atom. The van der Waals surface area contributed by atoms with Crippen molar-refractivity contribution in [2.45, 2.75) is 0 Å². The molecule has 1 aromatic carbocycles. The lowest BCUT2D eigenvalue weighted by atomic mass is 10.3. The first kappa shape index (κ1) is 13.5. The minimum Gasteiger partial charge on any atom is -0.436 e. The molecule has 0 N–H and O–H groups in total. The second kappa shape index (κ2) is 5.79. The summed E-state index contributed by atoms with van der Waals surface area (Å²) in [6.45, 7) is 0. The molecule has 0 aliphatic heterocycles. The quantitative estimate of drug-likeness (QED) is 0.872. The van der Waals surface area contributed by atoms with E-state index in [2.05, 4.69) is 26.1 Å². The molecule has 5 nitrogen and oxygen atoms in total. The van der Waals surface area contributed by atoms with E-state index >= 15 is 0 Å². The number of rotatable bonds is 3. The molecule has 0 aliphatic rings. The van der Waals surface area contributed by atoms with Crippen molar-refractivity contribution >= 4 is 21.8 Å². The van der Waals surface area contributed by atoms with Crippen molar-refractivity contribution < 1.29 is 9.53 Å². The fraction of sp³-hybridized carbons (Fsp3) is 0.154. The van der Waals surface area contributed by atoms with Gasteiger partial charge in [-0.05, 0) is 34.1 Å². The molecular formula is C13H12BrN3O2. The predicted octanol–water partition coefficient (Wildman–Crippen LogP) is 2.73. The van der Waals surface area contributed by atoms with Crippen LogP contribution in [0.3, 0.4) is 0 Å². The predicted molar refractivity (Wildman–Crippen MR) is 74.3 cm³/mol. The van der Waals surface area contributed by atoms with Crippen molar-refractivity contribution in [3.05, 3.63) is 46.6 Å². The Labute approximate surface area is 119 Å². The van der Waals surface area contributed by atoms with E-state index in [0.717, 1.165) is 4.47 Å². The number of benzene rings is 1. The highest BCUT2D eigenvalue weighted by atomic mass is 79.9. The van der Waals surface area contributed by atoms with Gasteiger partial charge in [0.1, 0.15) is 5.75 Å². The molecule has 0 saturated carbocycles. The highest BCUT2D eigenvalue weighted by Crippen LogP contribution is 2.27. The second-order valence-corrected chi connectivity index (χ2v) is 4.84. The number of nitrogens with zero attached hydrogens (tertiary/aromatic N) is 3. The lowest BCUT2D eigenvalue weighted by Crippen LogP contribution is -2.23. The number of ether oxygens (including phenoxy) is 1. The van der Waals surface area contributed by atoms with Crippen molar-refractivity contribution in [1.29, 1.82) is 0 Å². The SMILES string of the molecule is CN(C)C(=O)c1ccc(Oc2ccccc2Br)nn1. The Kier molecular flexibility index (Phi) is 4.11. The van der Waals surface area contributed by atoms with Gasteiger partial charge in [-0.15, -0.1) is 10.2 Å². The van der Waals surface area contributed by atoms with Crippen LogP contribution in [0.5, 0.6) is 11.6 Å². The standard InChI is InChI=1S/C13H12BrN3O2/c1-17(2)13(18)10-7-8-12(16-15-10)19-11-6-4-3-5-9(11)14/h3-8H,1-2H3. The minimum atomic E-state index is -0.194. The number of para-hydroxylation sites is 1. The maximum Gasteiger partial charge on any atom is 0.273 e. The number of halogens is 1. The van der Waals surface area contributed by atoms with Crippen LogP contribution in [0.2, 0.25) is 0 Å². The van der Waals surface area contributed by atoms with Crippen LogP contribution in [0, 0.1) is 0 Å². The van der Waals surface area contributed by atoms with Gasteiger partial charge >= 0.3 is 0 Å². The van der Waals surface area contributed by atoms with Crippen LogP contribution in [0.15, 0.2) is 40.9 Å². The molecule has 0 bridgehead atoms. The number of hydrogen-bond acceptors (Lipinski definition) is 4. The third kappa shape index (κ3) is 3.29. The van der Waals surface area contributed by atoms with E-state index in [1.165, 1.54) is 4.90 Å². The van der Waals surface area contributed by atoms with Crippen molar-refractivity contribution in [2.75, 3.05) is 14.1 Å². The van der Waals surface area contributed by atoms with E-state index in [0.29, 0.717) is 11.6 Å². The normalized spacial score (nSPS) is 10.1. The van der Waals surface area contributed by atoms with Gasteiger partial charge in [-0.2, -0.15) is 0 Å². The van der Waals surface area contributed by atoms with E-state index in [1.807, 2.05) is 24.3 Å². The van der Waals surface area contributed by atoms with Gasteiger partial charge in [-0.25, -0.2) is 0 Å². The number of carbonyl (C=O) groups is 1. The average Bonchev–Trinajstić information content (AvgIpc) is 2.41. The van der Waals surface area contributed by atoms with Crippen molar-refractivity contribution in [1.82, 2.24) is 15.1 Å². The Morgan fingerprint density at radius 2 is 1.89 bits per heavy atom. The molecule has 0 aliphatic carbocycles. The molecule has 6 heteroatoms. The van der Waals surface area contributed by atoms with Crippen LogP contribution < -0.4 is 4.74 Å². The molecule has 0 unspecified atom stereocenters. The molecule has 2 aromatic rings. The van der Waals surface area contributed by atoms with E-state index in [4.69, 9.17) is 4.74 Å². The van der Waals surface area contributed by atoms with Crippen LogP contribution in [0.25, 0.3) is 0 Å². The third-order valence-electron chi connectivity index (χ3n) is 2.32. The number of hydrogen-bond donors (Lipinski definition) is 0. The summed E-state index contributed by atoms with van der Waals surface area (Å²) in [4.78, 5) is 13.1. The molecule has 0 saturated heterocycles. The summed E-state index contributed by atoms with van der Waals surface area (Å²) < 4.78 is 6.38. The second-order valence-electron chi connectivity index (χ2n) is 3.99. The molecule has 19 heavy (non-hydrogen) atoms. The smallest absolute Gasteiger partial charge is 0.273 e. The lowest BCUT2D eigenvalue weighted by molar-refractivity contribution is 0.0820. The molecule has 2 rings (SSSR count). The summed E-state index contributed by atoms with van der Waals surface area (Å²) in [7, 11) is 3.32. The summed E-state index contributed by atoms with van der Waals surface area (Å²) in [6.07, 6.45) is 0. The van der Waals surface area contributed by atoms with Gasteiger partial charge in [0.25, 0.3) is 5.91 Å². The van der Waals surface area contributed by atoms with Gasteiger partial charge in [0, 0.05) is 20.2 Å². The van der Waals surface area contributed by atoms with E-state index in [1.54, 1.807) is 26.2 Å². The topological polar surface area (TPSA) is 55.3 Å². The molecule has 0 spiro atoms. The molecule has 0 atom stereocenters. The average molecular weight is 322 g/mol. The van der Waals surface area contributed by atoms with Crippen molar-refractivity contribution in [2.24, 2.45) is 0 Å². The van der Waals surface area contributed by atoms with Crippen molar-refractivity contribution in [3.63, 3.8) is 0 Å². The zero-order valence-corrected chi connectivity index (χ0v) is 12.1. The third-order valence-corrected chi connectivity index (χ3v) is 2.97. The molecule has 0 fully saturated rings. The van der Waals surface area contributed by atoms with Crippen LogP contribution in [-0.4, -0.2) is 35.1 Å². The Morgan fingerprint density at radius 1 is 1.16 bits per heavy atom. The monoisotopic (exact) mass is 321 g/mol. The highest BCUT2D eigenvalue weighted by molar-refractivity contribution is 9.10. The maximum atomic E-state index is 11.6. The van der Waals surface area contributed by atoms with Crippen LogP contribution in [0.1, 0.15) is 10.5 Å². The number of amides is 1. The van der Waals surface area contributed by atoms with E-state index < -0.39 is 0 Å². The summed E-state index contributed by atoms with van der Waals surface area (Å²) in [5.74, 6) is 0.783. The largest absolute Gasteiger partial charge is 0.436 e. The minimum absolute atomic E-state index is 0.194. The van der Waals surface area contributed by atoms with E-state index in [-0.39, 0.29) is 11.6 Å². The molecule has 1 amide bonds. The Balaban J connectivity index is 2.16. The summed E-state index contributed by atoms with van der Waals surface area (Å²) in [5.41, 5.74) is 0.282. The summed E-state index contributed by atoms with van der Waals surface area (Å²) in [6, 6.07) is 10.6. The molecule has 0 radical (unpaired) electrons. The van der Waals surface area contributed by atoms with Gasteiger partial charge in [0.2, 0.25) is 5.88 Å². The molecular weight excluding hydrogens is 310 g/mol. The van der Waals surface area contributed by atoms with Gasteiger partial charge in [-0.3, -0.25) is 4.79 Å². The fourth-order valence-corrected chi connectivity index (χ4v) is 1.72. The zero-order chi connectivity index (χ0) is 13.8. The van der Waals surface area contributed by atoms with Gasteiger partial charge in [-0.1, -0.05) is 12.1 Å². The molecule has 1 aromatic heterocycles. The fourth-order valence-electron chi connectivity index (χ4n) is 1.36. The first-order chi connectivity index (χ1) is 9.08. The van der Waals surface area contributed by atoms with Gasteiger partial charge in [0.05, 0.1) is 4.47 Å². The number of aromatic nitrogens is 2. The molecule has 98 valence electrons. The first-order valence-corrected chi connectivity index (χ1v) is 6.35. The van der Waals surface area contributed by atoms with E-state index in [9.17, 15) is 4.79 Å². The first-order valence-electron chi connectivity index (χ1n) is 5.55.